The average Bonchev–Trinajstić information content (AvgIpc) is 2.87. The van der Waals surface area contributed by atoms with Gasteiger partial charge < -0.3 is 9.47 Å². The quantitative estimate of drug-likeness (QED) is 0.808. The molecule has 2 aromatic rings. The lowest BCUT2D eigenvalue weighted by atomic mass is 10.1. The number of fused-ring (bicyclic) bond motifs is 1. The predicted octanol–water partition coefficient (Wildman–Crippen LogP) is 2.69. The summed E-state index contributed by atoms with van der Waals surface area (Å²) in [6.07, 6.45) is 0.970. The van der Waals surface area contributed by atoms with E-state index in [0.717, 1.165) is 0 Å². The molecule has 1 aromatic carbocycles. The number of carbonyl (C=O) groups is 1. The van der Waals surface area contributed by atoms with E-state index < -0.39 is 6.10 Å². The number of aromatic nitrogens is 2. The number of ketones is 1. The van der Waals surface area contributed by atoms with Crippen molar-refractivity contribution in [3.8, 4) is 11.5 Å². The predicted molar refractivity (Wildman–Crippen MR) is 76.3 cm³/mol. The summed E-state index contributed by atoms with van der Waals surface area (Å²) in [6.45, 7) is 2.76. The minimum absolute atomic E-state index is 0.134. The topological polar surface area (TPSA) is 53.4 Å². The summed E-state index contributed by atoms with van der Waals surface area (Å²) in [6, 6.07) is 7.33. The fourth-order valence-corrected chi connectivity index (χ4v) is 2.64. The van der Waals surface area contributed by atoms with Gasteiger partial charge in [0.2, 0.25) is 5.78 Å². The number of aryl methyl sites for hydroxylation is 1. The zero-order valence-electron chi connectivity index (χ0n) is 10.9. The van der Waals surface area contributed by atoms with Crippen molar-refractivity contribution in [2.24, 2.45) is 0 Å². The molecule has 0 bridgehead atoms. The number of ether oxygens (including phenoxy) is 2. The molecule has 0 saturated heterocycles. The van der Waals surface area contributed by atoms with Crippen LogP contribution in [-0.2, 0) is 6.54 Å². The molecule has 0 fully saturated rings. The standard InChI is InChI=1S/C14H13BrN2O3/c1-2-17-13(9(15)7-16-17)14(18)12-8-19-10-5-3-4-6-11(10)20-12/h3-7,12H,2,8H2,1H3. The summed E-state index contributed by atoms with van der Waals surface area (Å²) >= 11 is 3.36. The van der Waals surface area contributed by atoms with E-state index in [9.17, 15) is 4.79 Å². The zero-order valence-corrected chi connectivity index (χ0v) is 12.5. The van der Waals surface area contributed by atoms with Crippen molar-refractivity contribution in [3.63, 3.8) is 0 Å². The highest BCUT2D eigenvalue weighted by Gasteiger charge is 2.31. The number of Topliss-reactive ketones (excluding diaryl/α,β-unsaturated/α-hetero) is 1. The van der Waals surface area contributed by atoms with Crippen LogP contribution in [0.4, 0.5) is 0 Å². The molecule has 2 heterocycles. The molecule has 0 radical (unpaired) electrons. The van der Waals surface area contributed by atoms with Crippen LogP contribution in [0, 0.1) is 0 Å². The maximum atomic E-state index is 12.6. The molecule has 5 nitrogen and oxygen atoms in total. The molecule has 6 heteroatoms. The maximum absolute atomic E-state index is 12.6. The molecule has 0 spiro atoms. The molecule has 1 aliphatic heterocycles. The number of hydrogen-bond donors (Lipinski definition) is 0. The van der Waals surface area contributed by atoms with Gasteiger partial charge in [-0.15, -0.1) is 0 Å². The Kier molecular flexibility index (Phi) is 3.48. The first-order valence-corrected chi connectivity index (χ1v) is 7.14. The molecule has 104 valence electrons. The van der Waals surface area contributed by atoms with E-state index in [1.54, 1.807) is 16.9 Å². The SMILES string of the molecule is CCn1ncc(Br)c1C(=O)C1COc2ccccc2O1. The van der Waals surface area contributed by atoms with Crippen LogP contribution in [-0.4, -0.2) is 28.3 Å². The van der Waals surface area contributed by atoms with Crippen LogP contribution in [0.25, 0.3) is 0 Å². The summed E-state index contributed by atoms with van der Waals surface area (Å²) in [5, 5.41) is 4.15. The summed E-state index contributed by atoms with van der Waals surface area (Å²) < 4.78 is 13.6. The molecule has 3 rings (SSSR count). The second-order valence-electron chi connectivity index (χ2n) is 4.39. The summed E-state index contributed by atoms with van der Waals surface area (Å²) in [5.41, 5.74) is 0.514. The lowest BCUT2D eigenvalue weighted by molar-refractivity contribution is 0.0575. The van der Waals surface area contributed by atoms with Gasteiger partial charge in [-0.1, -0.05) is 12.1 Å². The molecule has 1 atom stereocenters. The smallest absolute Gasteiger partial charge is 0.225 e. The lowest BCUT2D eigenvalue weighted by Crippen LogP contribution is -2.37. The van der Waals surface area contributed by atoms with Crippen LogP contribution in [0.15, 0.2) is 34.9 Å². The molecule has 0 amide bonds. The Morgan fingerprint density at radius 1 is 1.45 bits per heavy atom. The van der Waals surface area contributed by atoms with E-state index in [-0.39, 0.29) is 12.4 Å². The molecule has 1 aromatic heterocycles. The molecule has 0 N–H and O–H groups in total. The lowest BCUT2D eigenvalue weighted by Gasteiger charge is -2.25. The maximum Gasteiger partial charge on any atom is 0.225 e. The van der Waals surface area contributed by atoms with Gasteiger partial charge >= 0.3 is 0 Å². The molecule has 0 aliphatic carbocycles. The molecule has 1 unspecified atom stereocenters. The van der Waals surface area contributed by atoms with E-state index in [0.29, 0.717) is 28.2 Å². The molecular weight excluding hydrogens is 324 g/mol. The van der Waals surface area contributed by atoms with Crippen molar-refractivity contribution in [1.29, 1.82) is 0 Å². The van der Waals surface area contributed by atoms with Crippen molar-refractivity contribution in [2.45, 2.75) is 19.6 Å². The average molecular weight is 337 g/mol. The van der Waals surface area contributed by atoms with Gasteiger partial charge in [0.15, 0.2) is 17.6 Å². The highest BCUT2D eigenvalue weighted by Crippen LogP contribution is 2.32. The largest absolute Gasteiger partial charge is 0.485 e. The third-order valence-electron chi connectivity index (χ3n) is 3.13. The van der Waals surface area contributed by atoms with Gasteiger partial charge in [-0.3, -0.25) is 9.48 Å². The van der Waals surface area contributed by atoms with Gasteiger partial charge in [0.1, 0.15) is 12.3 Å². The minimum atomic E-state index is -0.650. The van der Waals surface area contributed by atoms with E-state index >= 15 is 0 Å². The molecule has 1 aliphatic rings. The fourth-order valence-electron chi connectivity index (χ4n) is 2.15. The third kappa shape index (κ3) is 2.20. The van der Waals surface area contributed by atoms with Crippen molar-refractivity contribution >= 4 is 21.7 Å². The van der Waals surface area contributed by atoms with Gasteiger partial charge in [-0.05, 0) is 35.0 Å². The molecule has 20 heavy (non-hydrogen) atoms. The van der Waals surface area contributed by atoms with Crippen LogP contribution in [0.3, 0.4) is 0 Å². The van der Waals surface area contributed by atoms with E-state index in [2.05, 4.69) is 21.0 Å². The summed E-state index contributed by atoms with van der Waals surface area (Å²) in [5.74, 6) is 1.13. The first kappa shape index (κ1) is 13.2. The van der Waals surface area contributed by atoms with Crippen molar-refractivity contribution < 1.29 is 14.3 Å². The van der Waals surface area contributed by atoms with Crippen LogP contribution in [0.1, 0.15) is 17.4 Å². The highest BCUT2D eigenvalue weighted by atomic mass is 79.9. The zero-order chi connectivity index (χ0) is 14.1. The number of rotatable bonds is 3. The number of nitrogens with zero attached hydrogens (tertiary/aromatic N) is 2. The van der Waals surface area contributed by atoms with Gasteiger partial charge in [0.05, 0.1) is 10.7 Å². The van der Waals surface area contributed by atoms with Crippen molar-refractivity contribution in [3.05, 3.63) is 40.6 Å². The Balaban J connectivity index is 1.88. The van der Waals surface area contributed by atoms with Crippen LogP contribution >= 0.6 is 15.9 Å². The van der Waals surface area contributed by atoms with E-state index in [1.165, 1.54) is 0 Å². The van der Waals surface area contributed by atoms with Crippen LogP contribution in [0.5, 0.6) is 11.5 Å². The van der Waals surface area contributed by atoms with E-state index in [1.807, 2.05) is 25.1 Å². The van der Waals surface area contributed by atoms with Crippen LogP contribution < -0.4 is 9.47 Å². The Morgan fingerprint density at radius 3 is 2.95 bits per heavy atom. The summed E-state index contributed by atoms with van der Waals surface area (Å²) in [4.78, 5) is 12.6. The number of hydrogen-bond acceptors (Lipinski definition) is 4. The fraction of sp³-hybridized carbons (Fsp3) is 0.286. The van der Waals surface area contributed by atoms with Crippen molar-refractivity contribution in [1.82, 2.24) is 9.78 Å². The first-order valence-electron chi connectivity index (χ1n) is 6.34. The molecular formula is C14H13BrN2O3. The monoisotopic (exact) mass is 336 g/mol. The third-order valence-corrected chi connectivity index (χ3v) is 3.71. The molecule has 0 saturated carbocycles. The van der Waals surface area contributed by atoms with Gasteiger partial charge in [-0.25, -0.2) is 0 Å². The normalized spacial score (nSPS) is 17.0. The summed E-state index contributed by atoms with van der Waals surface area (Å²) in [7, 11) is 0. The Hall–Kier alpha value is -1.82. The second-order valence-corrected chi connectivity index (χ2v) is 5.24. The second kappa shape index (κ2) is 5.28. The minimum Gasteiger partial charge on any atom is -0.485 e. The Morgan fingerprint density at radius 2 is 2.20 bits per heavy atom. The Bertz CT molecular complexity index is 654. The van der Waals surface area contributed by atoms with Gasteiger partial charge in [0.25, 0.3) is 0 Å². The van der Waals surface area contributed by atoms with Crippen molar-refractivity contribution in [2.75, 3.05) is 6.61 Å². The Labute approximate surface area is 124 Å². The number of para-hydroxylation sites is 2. The number of benzene rings is 1. The first-order chi connectivity index (χ1) is 9.70. The number of carbonyl (C=O) groups excluding carboxylic acids is 1. The van der Waals surface area contributed by atoms with Crippen LogP contribution in [0.2, 0.25) is 0 Å². The van der Waals surface area contributed by atoms with Gasteiger partial charge in [0, 0.05) is 6.54 Å². The number of halogens is 1. The van der Waals surface area contributed by atoms with Gasteiger partial charge in [-0.2, -0.15) is 5.10 Å². The highest BCUT2D eigenvalue weighted by molar-refractivity contribution is 9.10. The van der Waals surface area contributed by atoms with E-state index in [4.69, 9.17) is 9.47 Å².